The number of nitrogens with zero attached hydrogens (tertiary/aromatic N) is 4. The van der Waals surface area contributed by atoms with E-state index in [-0.39, 0.29) is 18.0 Å². The van der Waals surface area contributed by atoms with Crippen molar-refractivity contribution >= 4 is 11.9 Å². The second-order valence-corrected chi connectivity index (χ2v) is 5.95. The lowest BCUT2D eigenvalue weighted by Crippen LogP contribution is -2.35. The lowest BCUT2D eigenvalue weighted by molar-refractivity contribution is -0.127. The first-order valence-corrected chi connectivity index (χ1v) is 7.45. The standard InChI is InChI=1S/C14H23N5O2/c1-5-10(4)7-18-13(20)12(15-14(18)21)6-11-8-19(9(2)3)17-16-11/h8-10,12H,5-7H2,1-4H3,(H,15,21)/t10-,12+/m0/s1. The average molecular weight is 293 g/mol. The molecular formula is C14H23N5O2. The predicted molar refractivity (Wildman–Crippen MR) is 77.6 cm³/mol. The molecule has 1 aromatic heterocycles. The number of rotatable bonds is 6. The van der Waals surface area contributed by atoms with Gasteiger partial charge < -0.3 is 5.32 Å². The molecule has 0 unspecified atom stereocenters. The van der Waals surface area contributed by atoms with Crippen molar-refractivity contribution in [2.75, 3.05) is 6.54 Å². The lowest BCUT2D eigenvalue weighted by Gasteiger charge is -2.16. The summed E-state index contributed by atoms with van der Waals surface area (Å²) >= 11 is 0. The smallest absolute Gasteiger partial charge is 0.324 e. The third-order valence-electron chi connectivity index (χ3n) is 3.80. The summed E-state index contributed by atoms with van der Waals surface area (Å²) in [6.45, 7) is 8.56. The molecule has 7 heteroatoms. The zero-order chi connectivity index (χ0) is 15.6. The van der Waals surface area contributed by atoms with Crippen LogP contribution in [0.4, 0.5) is 4.79 Å². The first-order chi connectivity index (χ1) is 9.92. The molecule has 2 atom stereocenters. The van der Waals surface area contributed by atoms with Crippen molar-refractivity contribution in [3.05, 3.63) is 11.9 Å². The van der Waals surface area contributed by atoms with Gasteiger partial charge in [0, 0.05) is 25.2 Å². The van der Waals surface area contributed by atoms with Crippen molar-refractivity contribution in [3.63, 3.8) is 0 Å². The monoisotopic (exact) mass is 293 g/mol. The molecule has 2 rings (SSSR count). The van der Waals surface area contributed by atoms with Gasteiger partial charge in [-0.1, -0.05) is 25.5 Å². The van der Waals surface area contributed by atoms with E-state index in [0.29, 0.717) is 24.6 Å². The molecule has 0 bridgehead atoms. The van der Waals surface area contributed by atoms with Gasteiger partial charge in [0.05, 0.1) is 5.69 Å². The first-order valence-electron chi connectivity index (χ1n) is 7.45. The number of aromatic nitrogens is 3. The molecule has 0 saturated carbocycles. The number of nitrogens with one attached hydrogen (secondary N) is 1. The number of carbonyl (C=O) groups excluding carboxylic acids is 2. The van der Waals surface area contributed by atoms with Crippen molar-refractivity contribution in [2.24, 2.45) is 5.92 Å². The van der Waals surface area contributed by atoms with Crippen molar-refractivity contribution in [1.29, 1.82) is 0 Å². The summed E-state index contributed by atoms with van der Waals surface area (Å²) in [7, 11) is 0. The number of urea groups is 1. The van der Waals surface area contributed by atoms with Crippen LogP contribution in [0.25, 0.3) is 0 Å². The Bertz CT molecular complexity index is 525. The van der Waals surface area contributed by atoms with Gasteiger partial charge in [-0.05, 0) is 19.8 Å². The lowest BCUT2D eigenvalue weighted by atomic mass is 10.1. The van der Waals surface area contributed by atoms with Crippen LogP contribution in [0.5, 0.6) is 0 Å². The summed E-state index contributed by atoms with van der Waals surface area (Å²) in [6.07, 6.45) is 3.14. The van der Waals surface area contributed by atoms with Gasteiger partial charge in [0.1, 0.15) is 6.04 Å². The average Bonchev–Trinajstić information content (AvgIpc) is 3.00. The van der Waals surface area contributed by atoms with Gasteiger partial charge in [-0.3, -0.25) is 9.69 Å². The molecule has 7 nitrogen and oxygen atoms in total. The van der Waals surface area contributed by atoms with Crippen LogP contribution in [0.15, 0.2) is 6.20 Å². The normalized spacial score (nSPS) is 20.2. The molecule has 1 saturated heterocycles. The molecule has 116 valence electrons. The Morgan fingerprint density at radius 1 is 1.33 bits per heavy atom. The summed E-state index contributed by atoms with van der Waals surface area (Å²) in [5.41, 5.74) is 0.715. The quantitative estimate of drug-likeness (QED) is 0.803. The van der Waals surface area contributed by atoms with Crippen LogP contribution in [-0.4, -0.2) is 44.4 Å². The van der Waals surface area contributed by atoms with Gasteiger partial charge in [-0.15, -0.1) is 5.10 Å². The fraction of sp³-hybridized carbons (Fsp3) is 0.714. The maximum absolute atomic E-state index is 12.3. The highest BCUT2D eigenvalue weighted by atomic mass is 16.2. The maximum Gasteiger partial charge on any atom is 0.324 e. The van der Waals surface area contributed by atoms with Gasteiger partial charge in [0.2, 0.25) is 0 Å². The molecule has 0 aromatic carbocycles. The van der Waals surface area contributed by atoms with Gasteiger partial charge in [-0.2, -0.15) is 0 Å². The Labute approximate surface area is 124 Å². The highest BCUT2D eigenvalue weighted by molar-refractivity contribution is 6.04. The highest BCUT2D eigenvalue weighted by Crippen LogP contribution is 2.14. The Hall–Kier alpha value is -1.92. The molecule has 2 heterocycles. The third kappa shape index (κ3) is 3.40. The van der Waals surface area contributed by atoms with Crippen LogP contribution in [0, 0.1) is 5.92 Å². The van der Waals surface area contributed by atoms with Crippen LogP contribution in [0.2, 0.25) is 0 Å². The fourth-order valence-corrected chi connectivity index (χ4v) is 2.20. The van der Waals surface area contributed by atoms with E-state index in [1.165, 1.54) is 4.90 Å². The first kappa shape index (κ1) is 15.5. The van der Waals surface area contributed by atoms with E-state index in [2.05, 4.69) is 15.6 Å². The largest absolute Gasteiger partial charge is 0.325 e. The zero-order valence-electron chi connectivity index (χ0n) is 13.0. The maximum atomic E-state index is 12.3. The van der Waals surface area contributed by atoms with E-state index < -0.39 is 6.04 Å². The van der Waals surface area contributed by atoms with Crippen LogP contribution in [-0.2, 0) is 11.2 Å². The van der Waals surface area contributed by atoms with E-state index in [9.17, 15) is 9.59 Å². The number of amides is 3. The molecule has 3 amide bonds. The summed E-state index contributed by atoms with van der Waals surface area (Å²) in [5.74, 6) is 0.139. The number of hydrogen-bond donors (Lipinski definition) is 1. The molecule has 21 heavy (non-hydrogen) atoms. The topological polar surface area (TPSA) is 80.1 Å². The summed E-state index contributed by atoms with van der Waals surface area (Å²) in [4.78, 5) is 25.5. The third-order valence-corrected chi connectivity index (χ3v) is 3.80. The van der Waals surface area contributed by atoms with Crippen molar-refractivity contribution < 1.29 is 9.59 Å². The Morgan fingerprint density at radius 3 is 2.62 bits per heavy atom. The minimum Gasteiger partial charge on any atom is -0.325 e. The number of imide groups is 1. The second kappa shape index (κ2) is 6.24. The minimum absolute atomic E-state index is 0.167. The second-order valence-electron chi connectivity index (χ2n) is 5.95. The van der Waals surface area contributed by atoms with E-state index in [1.807, 2.05) is 33.9 Å². The number of carbonyl (C=O) groups is 2. The van der Waals surface area contributed by atoms with E-state index in [0.717, 1.165) is 6.42 Å². The highest BCUT2D eigenvalue weighted by Gasteiger charge is 2.38. The van der Waals surface area contributed by atoms with Crippen molar-refractivity contribution in [2.45, 2.75) is 52.6 Å². The SMILES string of the molecule is CC[C@H](C)CN1C(=O)N[C@H](Cc2cn(C(C)C)nn2)C1=O. The molecular weight excluding hydrogens is 270 g/mol. The molecule has 1 N–H and O–H groups in total. The van der Waals surface area contributed by atoms with Gasteiger partial charge >= 0.3 is 6.03 Å². The van der Waals surface area contributed by atoms with E-state index >= 15 is 0 Å². The van der Waals surface area contributed by atoms with Gasteiger partial charge in [0.25, 0.3) is 5.91 Å². The predicted octanol–water partition coefficient (Wildman–Crippen LogP) is 1.37. The molecule has 1 fully saturated rings. The van der Waals surface area contributed by atoms with Crippen molar-refractivity contribution in [3.8, 4) is 0 Å². The Morgan fingerprint density at radius 2 is 2.05 bits per heavy atom. The Balaban J connectivity index is 2.01. The Kier molecular flexibility index (Phi) is 4.59. The fourth-order valence-electron chi connectivity index (χ4n) is 2.20. The van der Waals surface area contributed by atoms with Crippen LogP contribution >= 0.6 is 0 Å². The minimum atomic E-state index is -0.529. The van der Waals surface area contributed by atoms with E-state index in [4.69, 9.17) is 0 Å². The number of hydrogen-bond acceptors (Lipinski definition) is 4. The zero-order valence-corrected chi connectivity index (χ0v) is 13.0. The summed E-state index contributed by atoms with van der Waals surface area (Å²) in [5, 5.41) is 10.8. The van der Waals surface area contributed by atoms with Crippen molar-refractivity contribution in [1.82, 2.24) is 25.2 Å². The molecule has 1 aliphatic heterocycles. The van der Waals surface area contributed by atoms with Gasteiger partial charge in [0.15, 0.2) is 0 Å². The molecule has 1 aliphatic rings. The van der Waals surface area contributed by atoms with Crippen LogP contribution in [0.3, 0.4) is 0 Å². The summed E-state index contributed by atoms with van der Waals surface area (Å²) in [6, 6.07) is -0.609. The van der Waals surface area contributed by atoms with E-state index in [1.54, 1.807) is 4.68 Å². The molecule has 0 spiro atoms. The molecule has 0 aliphatic carbocycles. The van der Waals surface area contributed by atoms with Gasteiger partial charge in [-0.25, -0.2) is 9.48 Å². The van der Waals surface area contributed by atoms with Crippen LogP contribution in [0.1, 0.15) is 45.9 Å². The van der Waals surface area contributed by atoms with Crippen LogP contribution < -0.4 is 5.32 Å². The molecule has 0 radical (unpaired) electrons. The molecule has 1 aromatic rings. The summed E-state index contributed by atoms with van der Waals surface area (Å²) < 4.78 is 1.74.